The summed E-state index contributed by atoms with van der Waals surface area (Å²) in [6.45, 7) is 12.5. The summed E-state index contributed by atoms with van der Waals surface area (Å²) in [7, 11) is 0. The van der Waals surface area contributed by atoms with Gasteiger partial charge in [-0.2, -0.15) is 5.10 Å². The number of carbonyl (C=O) groups is 1. The quantitative estimate of drug-likeness (QED) is 0.879. The SMILES string of the molecule is Cc1cc(C(=O)NCC(C)CN2CCCCC2)nn1C(C)C. The minimum Gasteiger partial charge on any atom is -0.350 e. The van der Waals surface area contributed by atoms with Gasteiger partial charge >= 0.3 is 0 Å². The van der Waals surface area contributed by atoms with E-state index in [2.05, 4.69) is 36.1 Å². The summed E-state index contributed by atoms with van der Waals surface area (Å²) in [6, 6.07) is 2.14. The number of hydrogen-bond acceptors (Lipinski definition) is 3. The molecule has 1 saturated heterocycles. The predicted molar refractivity (Wildman–Crippen MR) is 89.1 cm³/mol. The van der Waals surface area contributed by atoms with Crippen LogP contribution in [0.25, 0.3) is 0 Å². The third-order valence-electron chi connectivity index (χ3n) is 4.27. The van der Waals surface area contributed by atoms with Gasteiger partial charge in [0.05, 0.1) is 0 Å². The molecule has 5 nitrogen and oxygen atoms in total. The molecule has 124 valence electrons. The average Bonchev–Trinajstić information content (AvgIpc) is 2.88. The molecular weight excluding hydrogens is 276 g/mol. The van der Waals surface area contributed by atoms with Crippen LogP contribution in [-0.4, -0.2) is 46.8 Å². The van der Waals surface area contributed by atoms with Gasteiger partial charge in [0.15, 0.2) is 0 Å². The zero-order valence-electron chi connectivity index (χ0n) is 14.4. The standard InChI is InChI=1S/C17H30N4O/c1-13(2)21-15(4)10-16(19-21)17(22)18-11-14(3)12-20-8-6-5-7-9-20/h10,13-14H,5-9,11-12H2,1-4H3,(H,18,22). The lowest BCUT2D eigenvalue weighted by Crippen LogP contribution is -2.38. The van der Waals surface area contributed by atoms with Crippen molar-refractivity contribution in [2.45, 2.75) is 53.0 Å². The van der Waals surface area contributed by atoms with E-state index in [0.29, 0.717) is 18.2 Å². The zero-order chi connectivity index (χ0) is 16.1. The van der Waals surface area contributed by atoms with E-state index in [9.17, 15) is 4.79 Å². The highest BCUT2D eigenvalue weighted by Crippen LogP contribution is 2.12. The first kappa shape index (κ1) is 17.0. The largest absolute Gasteiger partial charge is 0.350 e. The van der Waals surface area contributed by atoms with Crippen LogP contribution in [0.5, 0.6) is 0 Å². The molecule has 0 spiro atoms. The average molecular weight is 306 g/mol. The second-order valence-corrected chi connectivity index (χ2v) is 6.89. The number of nitrogens with one attached hydrogen (secondary N) is 1. The molecule has 1 amide bonds. The molecule has 0 saturated carbocycles. The van der Waals surface area contributed by atoms with E-state index in [0.717, 1.165) is 12.2 Å². The van der Waals surface area contributed by atoms with Gasteiger partial charge in [0.2, 0.25) is 0 Å². The van der Waals surface area contributed by atoms with Crippen molar-refractivity contribution in [3.05, 3.63) is 17.5 Å². The molecular formula is C17H30N4O. The maximum absolute atomic E-state index is 12.2. The summed E-state index contributed by atoms with van der Waals surface area (Å²) in [6.07, 6.45) is 3.98. The van der Waals surface area contributed by atoms with E-state index >= 15 is 0 Å². The fourth-order valence-electron chi connectivity index (χ4n) is 3.13. The van der Waals surface area contributed by atoms with E-state index in [1.165, 1.54) is 32.4 Å². The normalized spacial score (nSPS) is 17.7. The van der Waals surface area contributed by atoms with Crippen LogP contribution in [0.15, 0.2) is 6.07 Å². The minimum atomic E-state index is -0.0620. The maximum atomic E-state index is 12.2. The van der Waals surface area contributed by atoms with Gasteiger partial charge in [-0.15, -0.1) is 0 Å². The van der Waals surface area contributed by atoms with E-state index in [-0.39, 0.29) is 11.9 Å². The summed E-state index contributed by atoms with van der Waals surface area (Å²) in [4.78, 5) is 14.7. The van der Waals surface area contributed by atoms with Gasteiger partial charge < -0.3 is 10.2 Å². The smallest absolute Gasteiger partial charge is 0.271 e. The highest BCUT2D eigenvalue weighted by atomic mass is 16.1. The number of rotatable bonds is 6. The third-order valence-corrected chi connectivity index (χ3v) is 4.27. The van der Waals surface area contributed by atoms with E-state index in [1.54, 1.807) is 0 Å². The summed E-state index contributed by atoms with van der Waals surface area (Å²) >= 11 is 0. The lowest BCUT2D eigenvalue weighted by molar-refractivity contribution is 0.0936. The highest BCUT2D eigenvalue weighted by molar-refractivity contribution is 5.92. The molecule has 1 aromatic heterocycles. The van der Waals surface area contributed by atoms with E-state index in [4.69, 9.17) is 0 Å². The lowest BCUT2D eigenvalue weighted by Gasteiger charge is -2.29. The molecule has 1 aliphatic heterocycles. The van der Waals surface area contributed by atoms with Gasteiger partial charge in [0.1, 0.15) is 5.69 Å². The maximum Gasteiger partial charge on any atom is 0.271 e. The molecule has 5 heteroatoms. The first-order chi connectivity index (χ1) is 10.5. The van der Waals surface area contributed by atoms with E-state index < -0.39 is 0 Å². The molecule has 1 aliphatic rings. The van der Waals surface area contributed by atoms with Crippen LogP contribution in [0.4, 0.5) is 0 Å². The Morgan fingerprint density at radius 3 is 2.55 bits per heavy atom. The number of carbonyl (C=O) groups excluding carboxylic acids is 1. The molecule has 0 aliphatic carbocycles. The first-order valence-corrected chi connectivity index (χ1v) is 8.54. The van der Waals surface area contributed by atoms with Crippen molar-refractivity contribution in [3.63, 3.8) is 0 Å². The van der Waals surface area contributed by atoms with Crippen molar-refractivity contribution in [2.75, 3.05) is 26.2 Å². The Kier molecular flexibility index (Phi) is 6.00. The van der Waals surface area contributed by atoms with Gasteiger partial charge in [0.25, 0.3) is 5.91 Å². The Balaban J connectivity index is 1.80. The predicted octanol–water partition coefficient (Wildman–Crippen LogP) is 2.62. The number of piperidine rings is 1. The molecule has 0 aromatic carbocycles. The molecule has 1 fully saturated rings. The van der Waals surface area contributed by atoms with Crippen molar-refractivity contribution < 1.29 is 4.79 Å². The molecule has 0 bridgehead atoms. The van der Waals surface area contributed by atoms with Crippen molar-refractivity contribution >= 4 is 5.91 Å². The Hall–Kier alpha value is -1.36. The first-order valence-electron chi connectivity index (χ1n) is 8.54. The Morgan fingerprint density at radius 2 is 1.95 bits per heavy atom. The number of aryl methyl sites for hydroxylation is 1. The Labute approximate surface area is 134 Å². The van der Waals surface area contributed by atoms with Crippen LogP contribution in [0.2, 0.25) is 0 Å². The topological polar surface area (TPSA) is 50.2 Å². The highest BCUT2D eigenvalue weighted by Gasteiger charge is 2.16. The Bertz CT molecular complexity index is 489. The van der Waals surface area contributed by atoms with Gasteiger partial charge in [0, 0.05) is 24.8 Å². The minimum absolute atomic E-state index is 0.0620. The van der Waals surface area contributed by atoms with Crippen molar-refractivity contribution in [2.24, 2.45) is 5.92 Å². The van der Waals surface area contributed by atoms with Gasteiger partial charge in [-0.25, -0.2) is 0 Å². The summed E-state index contributed by atoms with van der Waals surface area (Å²) in [5, 5.41) is 7.42. The molecule has 22 heavy (non-hydrogen) atoms. The van der Waals surface area contributed by atoms with Crippen LogP contribution in [-0.2, 0) is 0 Å². The monoisotopic (exact) mass is 306 g/mol. The molecule has 1 aromatic rings. The van der Waals surface area contributed by atoms with Crippen LogP contribution in [0.3, 0.4) is 0 Å². The molecule has 1 atom stereocenters. The summed E-state index contributed by atoms with van der Waals surface area (Å²) in [5.74, 6) is 0.406. The fourth-order valence-corrected chi connectivity index (χ4v) is 3.13. The number of hydrogen-bond donors (Lipinski definition) is 1. The van der Waals surface area contributed by atoms with Gasteiger partial charge in [-0.1, -0.05) is 13.3 Å². The number of amides is 1. The molecule has 1 unspecified atom stereocenters. The van der Waals surface area contributed by atoms with Gasteiger partial charge in [-0.3, -0.25) is 9.48 Å². The van der Waals surface area contributed by atoms with Crippen molar-refractivity contribution in [3.8, 4) is 0 Å². The van der Waals surface area contributed by atoms with Crippen LogP contribution < -0.4 is 5.32 Å². The lowest BCUT2D eigenvalue weighted by atomic mass is 10.1. The van der Waals surface area contributed by atoms with Crippen molar-refractivity contribution in [1.82, 2.24) is 20.0 Å². The molecule has 2 heterocycles. The summed E-state index contributed by atoms with van der Waals surface area (Å²) in [5.41, 5.74) is 1.55. The zero-order valence-corrected chi connectivity index (χ0v) is 14.4. The molecule has 1 N–H and O–H groups in total. The van der Waals surface area contributed by atoms with Crippen LogP contribution in [0.1, 0.15) is 62.3 Å². The Morgan fingerprint density at radius 1 is 1.27 bits per heavy atom. The summed E-state index contributed by atoms with van der Waals surface area (Å²) < 4.78 is 1.89. The second-order valence-electron chi connectivity index (χ2n) is 6.89. The van der Waals surface area contributed by atoms with Crippen LogP contribution >= 0.6 is 0 Å². The molecule has 0 radical (unpaired) electrons. The van der Waals surface area contributed by atoms with Crippen molar-refractivity contribution in [1.29, 1.82) is 0 Å². The number of aromatic nitrogens is 2. The van der Waals surface area contributed by atoms with E-state index in [1.807, 2.05) is 17.7 Å². The van der Waals surface area contributed by atoms with Crippen LogP contribution in [0, 0.1) is 12.8 Å². The third kappa shape index (κ3) is 4.57. The second kappa shape index (κ2) is 7.77. The number of nitrogens with zero attached hydrogens (tertiary/aromatic N) is 3. The number of likely N-dealkylation sites (tertiary alicyclic amines) is 1. The fraction of sp³-hybridized carbons (Fsp3) is 0.765. The van der Waals surface area contributed by atoms with Gasteiger partial charge in [-0.05, 0) is 58.7 Å². The molecule has 2 rings (SSSR count).